The van der Waals surface area contributed by atoms with Gasteiger partial charge in [-0.2, -0.15) is 0 Å². The van der Waals surface area contributed by atoms with Crippen LogP contribution in [0.2, 0.25) is 0 Å². The zero-order valence-corrected chi connectivity index (χ0v) is 10.2. The average Bonchev–Trinajstić information content (AvgIpc) is 2.36. The highest BCUT2D eigenvalue weighted by atomic mass is 14.6. The van der Waals surface area contributed by atoms with Gasteiger partial charge in [0.05, 0.1) is 0 Å². The van der Waals surface area contributed by atoms with Crippen molar-refractivity contribution in [3.63, 3.8) is 0 Å². The topological polar surface area (TPSA) is 26.0 Å². The van der Waals surface area contributed by atoms with Crippen molar-refractivity contribution >= 4 is 5.70 Å². The second-order valence-corrected chi connectivity index (χ2v) is 3.92. The molecule has 0 aliphatic carbocycles. The summed E-state index contributed by atoms with van der Waals surface area (Å²) in [7, 11) is 0. The van der Waals surface area contributed by atoms with Crippen LogP contribution in [0.25, 0.3) is 5.70 Å². The Balaban J connectivity index is 3.21. The molecular weight excluding hydrogens is 194 g/mol. The summed E-state index contributed by atoms with van der Waals surface area (Å²) in [5.41, 5.74) is 11.5. The Morgan fingerprint density at radius 2 is 1.62 bits per heavy atom. The highest BCUT2D eigenvalue weighted by Crippen LogP contribution is 2.21. The quantitative estimate of drug-likeness (QED) is 0.757. The molecule has 0 atom stereocenters. The van der Waals surface area contributed by atoms with E-state index < -0.39 is 0 Å². The minimum Gasteiger partial charge on any atom is -0.398 e. The lowest BCUT2D eigenvalue weighted by Crippen LogP contribution is -2.01. The molecule has 1 aromatic rings. The summed E-state index contributed by atoms with van der Waals surface area (Å²) in [6.07, 6.45) is 1.86. The van der Waals surface area contributed by atoms with Crippen LogP contribution in [-0.2, 0) is 0 Å². The zero-order chi connectivity index (χ0) is 12.1. The summed E-state index contributed by atoms with van der Waals surface area (Å²) >= 11 is 0. The number of nitrogens with two attached hydrogens (primary N) is 1. The Bertz CT molecular complexity index is 436. The Morgan fingerprint density at radius 3 is 2.12 bits per heavy atom. The van der Waals surface area contributed by atoms with Gasteiger partial charge in [0, 0.05) is 5.70 Å². The molecule has 2 N–H and O–H groups in total. The molecule has 0 saturated carbocycles. The predicted octanol–water partition coefficient (Wildman–Crippen LogP) is 3.90. The third-order valence-electron chi connectivity index (χ3n) is 2.95. The first kappa shape index (κ1) is 12.3. The van der Waals surface area contributed by atoms with Crippen LogP contribution in [0.4, 0.5) is 0 Å². The lowest BCUT2D eigenvalue weighted by atomic mass is 9.99. The molecule has 84 valence electrons. The van der Waals surface area contributed by atoms with Crippen molar-refractivity contribution in [3.05, 3.63) is 65.3 Å². The molecule has 0 aromatic heterocycles. The third kappa shape index (κ3) is 2.63. The van der Waals surface area contributed by atoms with Crippen LogP contribution >= 0.6 is 0 Å². The maximum absolute atomic E-state index is 6.14. The molecule has 1 aromatic carbocycles. The molecule has 0 aliphatic rings. The Morgan fingerprint density at radius 1 is 1.06 bits per heavy atom. The van der Waals surface area contributed by atoms with Gasteiger partial charge >= 0.3 is 0 Å². The summed E-state index contributed by atoms with van der Waals surface area (Å²) < 4.78 is 0. The largest absolute Gasteiger partial charge is 0.398 e. The molecule has 1 nitrogen and oxygen atoms in total. The maximum atomic E-state index is 6.14. The average molecular weight is 213 g/mol. The minimum absolute atomic E-state index is 0.833. The molecule has 0 radical (unpaired) electrons. The summed E-state index contributed by atoms with van der Waals surface area (Å²) in [4.78, 5) is 0. The van der Waals surface area contributed by atoms with Crippen molar-refractivity contribution in [1.29, 1.82) is 0 Å². The molecule has 0 fully saturated rings. The number of hydrogen-bond acceptors (Lipinski definition) is 1. The number of benzene rings is 1. The molecule has 1 heteroatoms. The van der Waals surface area contributed by atoms with E-state index >= 15 is 0 Å². The molecule has 0 spiro atoms. The SMILES string of the molecule is C=C/C(C)=C(C)/C(C)=C(\N)c1ccccc1. The van der Waals surface area contributed by atoms with Crippen LogP contribution in [0.5, 0.6) is 0 Å². The van der Waals surface area contributed by atoms with Gasteiger partial charge in [0.25, 0.3) is 0 Å². The lowest BCUT2D eigenvalue weighted by Gasteiger charge is -2.10. The van der Waals surface area contributed by atoms with Crippen molar-refractivity contribution in [2.75, 3.05) is 0 Å². The standard InChI is InChI=1S/C15H19N/c1-5-11(2)12(3)13(4)15(16)14-9-7-6-8-10-14/h5-10H,1,16H2,2-4H3/b12-11+,15-13-. The van der Waals surface area contributed by atoms with E-state index in [2.05, 4.69) is 13.5 Å². The number of allylic oxidation sites excluding steroid dienone is 4. The molecule has 0 bridgehead atoms. The van der Waals surface area contributed by atoms with E-state index in [0.717, 1.165) is 22.4 Å². The van der Waals surface area contributed by atoms with Crippen LogP contribution in [0, 0.1) is 0 Å². The Kier molecular flexibility index (Phi) is 4.12. The van der Waals surface area contributed by atoms with Crippen LogP contribution in [-0.4, -0.2) is 0 Å². The van der Waals surface area contributed by atoms with Crippen molar-refractivity contribution in [3.8, 4) is 0 Å². The fourth-order valence-electron chi connectivity index (χ4n) is 1.49. The van der Waals surface area contributed by atoms with E-state index in [1.54, 1.807) is 0 Å². The molecule has 0 aliphatic heterocycles. The molecule has 1 rings (SSSR count). The lowest BCUT2D eigenvalue weighted by molar-refractivity contribution is 1.26. The van der Waals surface area contributed by atoms with E-state index in [9.17, 15) is 0 Å². The van der Waals surface area contributed by atoms with Gasteiger partial charge in [-0.05, 0) is 43.1 Å². The Labute approximate surface area is 98.0 Å². The highest BCUT2D eigenvalue weighted by molar-refractivity contribution is 5.69. The van der Waals surface area contributed by atoms with Crippen LogP contribution < -0.4 is 5.73 Å². The van der Waals surface area contributed by atoms with Crippen molar-refractivity contribution < 1.29 is 0 Å². The second kappa shape index (κ2) is 5.36. The zero-order valence-electron chi connectivity index (χ0n) is 10.2. The second-order valence-electron chi connectivity index (χ2n) is 3.92. The predicted molar refractivity (Wildman–Crippen MR) is 71.8 cm³/mol. The van der Waals surface area contributed by atoms with Crippen LogP contribution in [0.15, 0.2) is 59.7 Å². The normalized spacial score (nSPS) is 13.9. The van der Waals surface area contributed by atoms with Crippen LogP contribution in [0.1, 0.15) is 26.3 Å². The van der Waals surface area contributed by atoms with Crippen molar-refractivity contribution in [2.45, 2.75) is 20.8 Å². The first-order chi connectivity index (χ1) is 7.57. The fourth-order valence-corrected chi connectivity index (χ4v) is 1.49. The molecule has 16 heavy (non-hydrogen) atoms. The van der Waals surface area contributed by atoms with E-state index in [-0.39, 0.29) is 0 Å². The maximum Gasteiger partial charge on any atom is 0.0420 e. The molecular formula is C15H19N. The van der Waals surface area contributed by atoms with Gasteiger partial charge < -0.3 is 5.73 Å². The summed E-state index contributed by atoms with van der Waals surface area (Å²) in [5.74, 6) is 0. The summed E-state index contributed by atoms with van der Waals surface area (Å²) in [6.45, 7) is 9.94. The molecule has 0 amide bonds. The summed E-state index contributed by atoms with van der Waals surface area (Å²) in [6, 6.07) is 10.0. The number of hydrogen-bond donors (Lipinski definition) is 1. The third-order valence-corrected chi connectivity index (χ3v) is 2.95. The van der Waals surface area contributed by atoms with Gasteiger partial charge in [0.2, 0.25) is 0 Å². The van der Waals surface area contributed by atoms with Crippen LogP contribution in [0.3, 0.4) is 0 Å². The van der Waals surface area contributed by atoms with Gasteiger partial charge in [-0.15, -0.1) is 0 Å². The van der Waals surface area contributed by atoms with Gasteiger partial charge in [0.1, 0.15) is 0 Å². The summed E-state index contributed by atoms with van der Waals surface area (Å²) in [5, 5.41) is 0. The van der Waals surface area contributed by atoms with Gasteiger partial charge in [0.15, 0.2) is 0 Å². The molecule has 0 heterocycles. The van der Waals surface area contributed by atoms with Crippen molar-refractivity contribution in [2.24, 2.45) is 5.73 Å². The van der Waals surface area contributed by atoms with Crippen molar-refractivity contribution in [1.82, 2.24) is 0 Å². The molecule has 0 unspecified atom stereocenters. The monoisotopic (exact) mass is 213 g/mol. The first-order valence-corrected chi connectivity index (χ1v) is 5.40. The van der Waals surface area contributed by atoms with E-state index in [4.69, 9.17) is 5.73 Å². The van der Waals surface area contributed by atoms with E-state index in [0.29, 0.717) is 0 Å². The smallest absolute Gasteiger partial charge is 0.0420 e. The molecule has 0 saturated heterocycles. The fraction of sp³-hybridized carbons (Fsp3) is 0.200. The minimum atomic E-state index is 0.833. The van der Waals surface area contributed by atoms with E-state index in [1.165, 1.54) is 5.57 Å². The van der Waals surface area contributed by atoms with E-state index in [1.807, 2.05) is 50.3 Å². The Hall–Kier alpha value is -1.76. The number of rotatable bonds is 3. The first-order valence-electron chi connectivity index (χ1n) is 5.40. The van der Waals surface area contributed by atoms with Gasteiger partial charge in [-0.25, -0.2) is 0 Å². The van der Waals surface area contributed by atoms with Gasteiger partial charge in [-0.3, -0.25) is 0 Å². The van der Waals surface area contributed by atoms with Gasteiger partial charge in [-0.1, -0.05) is 43.0 Å². The highest BCUT2D eigenvalue weighted by Gasteiger charge is 2.04.